The van der Waals surface area contributed by atoms with Crippen LogP contribution >= 0.6 is 11.6 Å². The SMILES string of the molecule is Cc1cc(N2CCN(CC(=O)Nc3cccc(Cl)c3)CC2)nc(C(C)C)n1. The first-order chi connectivity index (χ1) is 12.9. The summed E-state index contributed by atoms with van der Waals surface area (Å²) in [5, 5.41) is 3.51. The lowest BCUT2D eigenvalue weighted by molar-refractivity contribution is -0.117. The van der Waals surface area contributed by atoms with E-state index in [9.17, 15) is 4.79 Å². The Balaban J connectivity index is 1.54. The van der Waals surface area contributed by atoms with Gasteiger partial charge in [-0.3, -0.25) is 9.69 Å². The van der Waals surface area contributed by atoms with Gasteiger partial charge in [0.05, 0.1) is 6.54 Å². The average Bonchev–Trinajstić information content (AvgIpc) is 2.61. The van der Waals surface area contributed by atoms with Crippen molar-refractivity contribution in [1.29, 1.82) is 0 Å². The van der Waals surface area contributed by atoms with Gasteiger partial charge < -0.3 is 10.2 Å². The predicted molar refractivity (Wildman–Crippen MR) is 110 cm³/mol. The van der Waals surface area contributed by atoms with E-state index in [1.54, 1.807) is 12.1 Å². The first-order valence-electron chi connectivity index (χ1n) is 9.29. The zero-order valence-electron chi connectivity index (χ0n) is 16.1. The van der Waals surface area contributed by atoms with Crippen molar-refractivity contribution in [1.82, 2.24) is 14.9 Å². The van der Waals surface area contributed by atoms with Gasteiger partial charge in [0, 0.05) is 54.6 Å². The van der Waals surface area contributed by atoms with E-state index in [-0.39, 0.29) is 5.91 Å². The van der Waals surface area contributed by atoms with Crippen LogP contribution in [0.1, 0.15) is 31.3 Å². The minimum atomic E-state index is -0.0225. The molecule has 0 saturated carbocycles. The first-order valence-corrected chi connectivity index (χ1v) is 9.67. The van der Waals surface area contributed by atoms with Gasteiger partial charge in [-0.05, 0) is 25.1 Å². The quantitative estimate of drug-likeness (QED) is 0.852. The van der Waals surface area contributed by atoms with Crippen molar-refractivity contribution in [3.05, 3.63) is 46.9 Å². The summed E-state index contributed by atoms with van der Waals surface area (Å²) in [6, 6.07) is 9.24. The Morgan fingerprint density at radius 2 is 1.93 bits per heavy atom. The zero-order chi connectivity index (χ0) is 19.4. The van der Waals surface area contributed by atoms with Crippen LogP contribution in [-0.4, -0.2) is 53.5 Å². The van der Waals surface area contributed by atoms with Gasteiger partial charge >= 0.3 is 0 Å². The van der Waals surface area contributed by atoms with Gasteiger partial charge in [-0.2, -0.15) is 0 Å². The molecule has 2 heterocycles. The topological polar surface area (TPSA) is 61.4 Å². The van der Waals surface area contributed by atoms with E-state index in [4.69, 9.17) is 16.6 Å². The third kappa shape index (κ3) is 5.40. The number of carbonyl (C=O) groups is 1. The molecule has 1 fully saturated rings. The van der Waals surface area contributed by atoms with Gasteiger partial charge in [0.15, 0.2) is 0 Å². The average molecular weight is 388 g/mol. The highest BCUT2D eigenvalue weighted by Crippen LogP contribution is 2.19. The molecule has 144 valence electrons. The normalized spacial score (nSPS) is 15.2. The predicted octanol–water partition coefficient (Wildman–Crippen LogP) is 3.32. The maximum absolute atomic E-state index is 12.3. The van der Waals surface area contributed by atoms with Gasteiger partial charge in [0.1, 0.15) is 11.6 Å². The van der Waals surface area contributed by atoms with Crippen LogP contribution in [0.5, 0.6) is 0 Å². The number of hydrogen-bond acceptors (Lipinski definition) is 5. The molecule has 3 rings (SSSR count). The van der Waals surface area contributed by atoms with Crippen LogP contribution in [0.15, 0.2) is 30.3 Å². The van der Waals surface area contributed by atoms with E-state index in [1.165, 1.54) is 0 Å². The molecule has 7 heteroatoms. The fraction of sp³-hybridized carbons (Fsp3) is 0.450. The number of hydrogen-bond donors (Lipinski definition) is 1. The first kappa shape index (κ1) is 19.6. The molecule has 2 aromatic rings. The minimum absolute atomic E-state index is 0.0225. The summed E-state index contributed by atoms with van der Waals surface area (Å²) in [7, 11) is 0. The fourth-order valence-corrected chi connectivity index (χ4v) is 3.29. The number of rotatable bonds is 5. The molecular formula is C20H26ClN5O. The number of amides is 1. The molecule has 1 aromatic carbocycles. The Kier molecular flexibility index (Phi) is 6.29. The van der Waals surface area contributed by atoms with Crippen LogP contribution in [0, 0.1) is 6.92 Å². The largest absolute Gasteiger partial charge is 0.354 e. The molecule has 1 saturated heterocycles. The van der Waals surface area contributed by atoms with E-state index < -0.39 is 0 Å². The summed E-state index contributed by atoms with van der Waals surface area (Å²) in [5.74, 6) is 2.15. The number of carbonyl (C=O) groups excluding carboxylic acids is 1. The maximum atomic E-state index is 12.3. The number of aryl methyl sites for hydroxylation is 1. The number of piperazine rings is 1. The third-order valence-corrected chi connectivity index (χ3v) is 4.78. The third-order valence-electron chi connectivity index (χ3n) is 4.55. The molecule has 0 unspecified atom stereocenters. The zero-order valence-corrected chi connectivity index (χ0v) is 16.8. The molecular weight excluding hydrogens is 362 g/mol. The van der Waals surface area contributed by atoms with E-state index in [0.717, 1.165) is 49.2 Å². The Labute approximate surface area is 165 Å². The Hall–Kier alpha value is -2.18. The number of aromatic nitrogens is 2. The Morgan fingerprint density at radius 3 is 2.59 bits per heavy atom. The van der Waals surface area contributed by atoms with Gasteiger partial charge in [0.25, 0.3) is 0 Å². The van der Waals surface area contributed by atoms with Crippen molar-refractivity contribution < 1.29 is 4.79 Å². The second-order valence-electron chi connectivity index (χ2n) is 7.20. The van der Waals surface area contributed by atoms with Crippen molar-refractivity contribution in [2.24, 2.45) is 0 Å². The van der Waals surface area contributed by atoms with E-state index in [1.807, 2.05) is 25.1 Å². The fourth-order valence-electron chi connectivity index (χ4n) is 3.10. The smallest absolute Gasteiger partial charge is 0.238 e. The molecule has 1 aliphatic heterocycles. The number of halogens is 1. The summed E-state index contributed by atoms with van der Waals surface area (Å²) >= 11 is 5.96. The molecule has 0 aliphatic carbocycles. The van der Waals surface area contributed by atoms with Crippen LogP contribution in [0.25, 0.3) is 0 Å². The highest BCUT2D eigenvalue weighted by atomic mass is 35.5. The summed E-state index contributed by atoms with van der Waals surface area (Å²) in [4.78, 5) is 25.9. The van der Waals surface area contributed by atoms with Crippen LogP contribution in [0.4, 0.5) is 11.5 Å². The van der Waals surface area contributed by atoms with Crippen molar-refractivity contribution >= 4 is 29.0 Å². The molecule has 1 amide bonds. The van der Waals surface area contributed by atoms with Crippen LogP contribution < -0.4 is 10.2 Å². The summed E-state index contributed by atoms with van der Waals surface area (Å²) in [5.41, 5.74) is 1.72. The van der Waals surface area contributed by atoms with Crippen molar-refractivity contribution in [2.45, 2.75) is 26.7 Å². The van der Waals surface area contributed by atoms with Crippen molar-refractivity contribution in [2.75, 3.05) is 42.9 Å². The molecule has 0 radical (unpaired) electrons. The Bertz CT molecular complexity index is 803. The molecule has 1 N–H and O–H groups in total. The minimum Gasteiger partial charge on any atom is -0.354 e. The van der Waals surface area contributed by atoms with Crippen molar-refractivity contribution in [3.63, 3.8) is 0 Å². The van der Waals surface area contributed by atoms with E-state index in [0.29, 0.717) is 17.5 Å². The molecule has 0 spiro atoms. The Morgan fingerprint density at radius 1 is 1.19 bits per heavy atom. The number of anilines is 2. The van der Waals surface area contributed by atoms with Gasteiger partial charge in [-0.15, -0.1) is 0 Å². The molecule has 0 bridgehead atoms. The van der Waals surface area contributed by atoms with Crippen LogP contribution in [0.3, 0.4) is 0 Å². The second-order valence-corrected chi connectivity index (χ2v) is 7.64. The lowest BCUT2D eigenvalue weighted by Gasteiger charge is -2.35. The summed E-state index contributed by atoms with van der Waals surface area (Å²) in [6.07, 6.45) is 0. The maximum Gasteiger partial charge on any atom is 0.238 e. The van der Waals surface area contributed by atoms with Gasteiger partial charge in [0.2, 0.25) is 5.91 Å². The molecule has 1 aliphatic rings. The van der Waals surface area contributed by atoms with Gasteiger partial charge in [-0.25, -0.2) is 9.97 Å². The molecule has 0 atom stereocenters. The van der Waals surface area contributed by atoms with Gasteiger partial charge in [-0.1, -0.05) is 31.5 Å². The highest BCUT2D eigenvalue weighted by Gasteiger charge is 2.21. The summed E-state index contributed by atoms with van der Waals surface area (Å²) in [6.45, 7) is 9.93. The van der Waals surface area contributed by atoms with E-state index >= 15 is 0 Å². The van der Waals surface area contributed by atoms with Crippen LogP contribution in [0.2, 0.25) is 5.02 Å². The van der Waals surface area contributed by atoms with E-state index in [2.05, 4.69) is 33.9 Å². The monoisotopic (exact) mass is 387 g/mol. The number of benzene rings is 1. The lowest BCUT2D eigenvalue weighted by Crippen LogP contribution is -2.49. The molecule has 1 aromatic heterocycles. The highest BCUT2D eigenvalue weighted by molar-refractivity contribution is 6.30. The van der Waals surface area contributed by atoms with Crippen molar-refractivity contribution in [3.8, 4) is 0 Å². The molecule has 6 nitrogen and oxygen atoms in total. The number of nitrogens with one attached hydrogen (secondary N) is 1. The lowest BCUT2D eigenvalue weighted by atomic mass is 10.2. The number of nitrogens with zero attached hydrogens (tertiary/aromatic N) is 4. The summed E-state index contributed by atoms with van der Waals surface area (Å²) < 4.78 is 0. The van der Waals surface area contributed by atoms with Crippen LogP contribution in [-0.2, 0) is 4.79 Å². The standard InChI is InChI=1S/C20H26ClN5O/c1-14(2)20-22-15(3)11-18(24-20)26-9-7-25(8-10-26)13-19(27)23-17-6-4-5-16(21)12-17/h4-6,11-12,14H,7-10,13H2,1-3H3,(H,23,27). The second kappa shape index (κ2) is 8.67. The molecule has 27 heavy (non-hydrogen) atoms.